The van der Waals surface area contributed by atoms with Gasteiger partial charge >= 0.3 is 0 Å². The van der Waals surface area contributed by atoms with Crippen LogP contribution in [0.2, 0.25) is 0 Å². The predicted molar refractivity (Wildman–Crippen MR) is 91.7 cm³/mol. The Balaban J connectivity index is 1.54. The molecule has 0 saturated carbocycles. The largest absolute Gasteiger partial charge is 0.383 e. The fourth-order valence-corrected chi connectivity index (χ4v) is 4.06. The maximum absolute atomic E-state index is 5.18. The van der Waals surface area contributed by atoms with Crippen molar-refractivity contribution in [3.63, 3.8) is 0 Å². The molecule has 23 heavy (non-hydrogen) atoms. The van der Waals surface area contributed by atoms with Gasteiger partial charge in [0.15, 0.2) is 0 Å². The van der Waals surface area contributed by atoms with E-state index in [9.17, 15) is 0 Å². The summed E-state index contributed by atoms with van der Waals surface area (Å²) in [7, 11) is 1.77. The third kappa shape index (κ3) is 2.38. The highest BCUT2D eigenvalue weighted by Crippen LogP contribution is 2.47. The van der Waals surface area contributed by atoms with Crippen molar-refractivity contribution >= 4 is 11.0 Å². The van der Waals surface area contributed by atoms with Crippen molar-refractivity contribution in [3.8, 4) is 0 Å². The maximum Gasteiger partial charge on any atom is 0.0917 e. The van der Waals surface area contributed by atoms with Crippen molar-refractivity contribution in [2.24, 2.45) is 5.41 Å². The number of aromatic nitrogens is 2. The first-order chi connectivity index (χ1) is 11.1. The standard InChI is InChI=1S/C18H26N4O/c1-12(2)13-8-19-14-4-5-15(21-16(13)14)17-18(9-20-17)10-22(11-18)6-7-23-3/h4-5,8,12,17,19-20H,6-7,9-11H2,1-3H3. The number of hydrogen-bond acceptors (Lipinski definition) is 4. The average molecular weight is 314 g/mol. The molecule has 0 aliphatic carbocycles. The summed E-state index contributed by atoms with van der Waals surface area (Å²) in [5.41, 5.74) is 5.16. The van der Waals surface area contributed by atoms with E-state index in [1.807, 2.05) is 0 Å². The molecular weight excluding hydrogens is 288 g/mol. The lowest BCUT2D eigenvalue weighted by Gasteiger charge is -2.61. The van der Waals surface area contributed by atoms with Crippen LogP contribution >= 0.6 is 0 Å². The van der Waals surface area contributed by atoms with E-state index in [4.69, 9.17) is 9.72 Å². The van der Waals surface area contributed by atoms with Gasteiger partial charge in [-0.1, -0.05) is 13.8 Å². The summed E-state index contributed by atoms with van der Waals surface area (Å²) in [6.45, 7) is 9.70. The molecule has 5 nitrogen and oxygen atoms in total. The number of H-pyrrole nitrogens is 1. The highest BCUT2D eigenvalue weighted by atomic mass is 16.5. The van der Waals surface area contributed by atoms with E-state index >= 15 is 0 Å². The van der Waals surface area contributed by atoms with E-state index in [0.29, 0.717) is 17.4 Å². The van der Waals surface area contributed by atoms with Gasteiger partial charge in [0.2, 0.25) is 0 Å². The van der Waals surface area contributed by atoms with E-state index in [1.54, 1.807) is 7.11 Å². The van der Waals surface area contributed by atoms with Crippen molar-refractivity contribution in [3.05, 3.63) is 29.6 Å². The Morgan fingerprint density at radius 3 is 2.87 bits per heavy atom. The number of hydrogen-bond donors (Lipinski definition) is 2. The fourth-order valence-electron chi connectivity index (χ4n) is 4.06. The van der Waals surface area contributed by atoms with E-state index in [1.165, 1.54) is 11.3 Å². The molecule has 1 atom stereocenters. The fraction of sp³-hybridized carbons (Fsp3) is 0.611. The lowest BCUT2D eigenvalue weighted by molar-refractivity contribution is -0.0891. The van der Waals surface area contributed by atoms with E-state index < -0.39 is 0 Å². The number of rotatable bonds is 5. The normalized spacial score (nSPS) is 23.4. The second kappa shape index (κ2) is 5.58. The molecule has 2 N–H and O–H groups in total. The SMILES string of the molecule is COCCN1CC2(CNC2c2ccc3[nH]cc(C(C)C)c3n2)C1. The van der Waals surface area contributed by atoms with Gasteiger partial charge in [-0.05, 0) is 23.6 Å². The number of nitrogens with zero attached hydrogens (tertiary/aromatic N) is 2. The molecule has 0 bridgehead atoms. The zero-order valence-electron chi connectivity index (χ0n) is 14.2. The van der Waals surface area contributed by atoms with E-state index in [-0.39, 0.29) is 0 Å². The van der Waals surface area contributed by atoms with Gasteiger partial charge in [-0.2, -0.15) is 0 Å². The molecule has 2 aromatic heterocycles. The first kappa shape index (κ1) is 15.1. The van der Waals surface area contributed by atoms with E-state index in [0.717, 1.165) is 43.8 Å². The summed E-state index contributed by atoms with van der Waals surface area (Å²) in [5, 5.41) is 3.61. The van der Waals surface area contributed by atoms with Gasteiger partial charge < -0.3 is 15.0 Å². The molecule has 2 saturated heterocycles. The number of likely N-dealkylation sites (tertiary alicyclic amines) is 1. The van der Waals surface area contributed by atoms with Crippen LogP contribution in [0.5, 0.6) is 0 Å². The average Bonchev–Trinajstić information content (AvgIpc) is 2.88. The molecule has 2 aliphatic rings. The number of fused-ring (bicyclic) bond motifs is 1. The van der Waals surface area contributed by atoms with Crippen LogP contribution in [0.4, 0.5) is 0 Å². The van der Waals surface area contributed by atoms with Crippen LogP contribution < -0.4 is 5.32 Å². The molecule has 2 aromatic rings. The predicted octanol–water partition coefficient (Wildman–Crippen LogP) is 2.28. The Kier molecular flexibility index (Phi) is 3.67. The Bertz CT molecular complexity index is 702. The quantitative estimate of drug-likeness (QED) is 0.889. The first-order valence-electron chi connectivity index (χ1n) is 8.55. The number of aromatic amines is 1. The van der Waals surface area contributed by atoms with Gasteiger partial charge in [0.25, 0.3) is 0 Å². The van der Waals surface area contributed by atoms with Gasteiger partial charge in [-0.15, -0.1) is 0 Å². The molecular formula is C18H26N4O. The van der Waals surface area contributed by atoms with E-state index in [2.05, 4.69) is 47.4 Å². The minimum absolute atomic E-state index is 0.378. The molecule has 0 amide bonds. The Morgan fingerprint density at radius 2 is 2.22 bits per heavy atom. The summed E-state index contributed by atoms with van der Waals surface area (Å²) in [6.07, 6.45) is 2.10. The van der Waals surface area contributed by atoms with Crippen LogP contribution in [-0.2, 0) is 4.74 Å². The molecule has 124 valence electrons. The first-order valence-corrected chi connectivity index (χ1v) is 8.55. The Morgan fingerprint density at radius 1 is 1.39 bits per heavy atom. The van der Waals surface area contributed by atoms with Crippen molar-refractivity contribution < 1.29 is 4.74 Å². The van der Waals surface area contributed by atoms with Gasteiger partial charge in [0, 0.05) is 44.9 Å². The molecule has 0 radical (unpaired) electrons. The minimum Gasteiger partial charge on any atom is -0.383 e. The van der Waals surface area contributed by atoms with Crippen molar-refractivity contribution in [1.82, 2.24) is 20.2 Å². The molecule has 4 heterocycles. The monoisotopic (exact) mass is 314 g/mol. The van der Waals surface area contributed by atoms with Gasteiger partial charge in [-0.3, -0.25) is 4.90 Å². The minimum atomic E-state index is 0.378. The molecule has 1 spiro atoms. The van der Waals surface area contributed by atoms with Crippen LogP contribution in [0, 0.1) is 5.41 Å². The van der Waals surface area contributed by atoms with Gasteiger partial charge in [-0.25, -0.2) is 4.98 Å². The topological polar surface area (TPSA) is 53.2 Å². The molecule has 0 aromatic carbocycles. The third-order valence-electron chi connectivity index (χ3n) is 5.45. The number of methoxy groups -OCH3 is 1. The number of nitrogens with one attached hydrogen (secondary N) is 2. The summed E-state index contributed by atoms with van der Waals surface area (Å²) in [5.74, 6) is 0.489. The van der Waals surface area contributed by atoms with Crippen molar-refractivity contribution in [2.45, 2.75) is 25.8 Å². The Labute approximate surface area is 137 Å². The van der Waals surface area contributed by atoms with Crippen LogP contribution in [0.3, 0.4) is 0 Å². The smallest absolute Gasteiger partial charge is 0.0917 e. The van der Waals surface area contributed by atoms with Gasteiger partial charge in [0.1, 0.15) is 0 Å². The molecule has 2 fully saturated rings. The summed E-state index contributed by atoms with van der Waals surface area (Å²) in [6, 6.07) is 4.75. The van der Waals surface area contributed by atoms with Crippen LogP contribution in [0.25, 0.3) is 11.0 Å². The second-order valence-electron chi connectivity index (χ2n) is 7.41. The lowest BCUT2D eigenvalue weighted by Crippen LogP contribution is -2.72. The lowest BCUT2D eigenvalue weighted by atomic mass is 9.66. The van der Waals surface area contributed by atoms with Crippen LogP contribution in [0.15, 0.2) is 18.3 Å². The molecule has 1 unspecified atom stereocenters. The van der Waals surface area contributed by atoms with Crippen LogP contribution in [-0.4, -0.2) is 54.8 Å². The number of pyridine rings is 1. The third-order valence-corrected chi connectivity index (χ3v) is 5.45. The zero-order chi connectivity index (χ0) is 16.0. The number of ether oxygens (including phenoxy) is 1. The molecule has 5 heteroatoms. The maximum atomic E-state index is 5.18. The van der Waals surface area contributed by atoms with Crippen LogP contribution in [0.1, 0.15) is 37.1 Å². The van der Waals surface area contributed by atoms with Gasteiger partial charge in [0.05, 0.1) is 29.4 Å². The molecule has 2 aliphatic heterocycles. The van der Waals surface area contributed by atoms with Crippen molar-refractivity contribution in [1.29, 1.82) is 0 Å². The Hall–Kier alpha value is -1.43. The van der Waals surface area contributed by atoms with Crippen molar-refractivity contribution in [2.75, 3.05) is 39.9 Å². The molecule has 4 rings (SSSR count). The summed E-state index contributed by atoms with van der Waals surface area (Å²) >= 11 is 0. The highest BCUT2D eigenvalue weighted by molar-refractivity contribution is 5.79. The highest BCUT2D eigenvalue weighted by Gasteiger charge is 2.55. The zero-order valence-corrected chi connectivity index (χ0v) is 14.2. The summed E-state index contributed by atoms with van der Waals surface area (Å²) < 4.78 is 5.18. The summed E-state index contributed by atoms with van der Waals surface area (Å²) in [4.78, 5) is 10.8. The second-order valence-corrected chi connectivity index (χ2v) is 7.41.